The van der Waals surface area contributed by atoms with Crippen molar-refractivity contribution in [2.24, 2.45) is 10.9 Å². The van der Waals surface area contributed by atoms with E-state index in [2.05, 4.69) is 29.5 Å². The monoisotopic (exact) mass is 419 g/mol. The van der Waals surface area contributed by atoms with Crippen LogP contribution in [0.25, 0.3) is 0 Å². The van der Waals surface area contributed by atoms with E-state index in [0.29, 0.717) is 19.2 Å². The summed E-state index contributed by atoms with van der Waals surface area (Å²) >= 11 is 0. The number of guanidine groups is 1. The molecule has 6 heteroatoms. The highest BCUT2D eigenvalue weighted by Crippen LogP contribution is 2.28. The molecule has 1 aromatic carbocycles. The molecule has 0 aliphatic heterocycles. The van der Waals surface area contributed by atoms with Gasteiger partial charge in [0, 0.05) is 12.6 Å². The van der Waals surface area contributed by atoms with Gasteiger partial charge in [-0.2, -0.15) is 0 Å². The molecule has 0 radical (unpaired) electrons. The van der Waals surface area contributed by atoms with Gasteiger partial charge in [0.15, 0.2) is 5.96 Å². The molecular weight excluding hydrogens is 393 g/mol. The molecule has 5 nitrogen and oxygen atoms in total. The average Bonchev–Trinajstić information content (AvgIpc) is 3.19. The quantitative estimate of drug-likeness (QED) is 0.309. The smallest absolute Gasteiger partial charge is 0.191 e. The second-order valence-electron chi connectivity index (χ2n) is 5.25. The Labute approximate surface area is 149 Å². The van der Waals surface area contributed by atoms with Crippen LogP contribution in [0.3, 0.4) is 0 Å². The predicted octanol–water partition coefficient (Wildman–Crippen LogP) is 2.66. The molecule has 1 aliphatic carbocycles. The first kappa shape index (κ1) is 18.9. The Kier molecular flexibility index (Phi) is 8.37. The van der Waals surface area contributed by atoms with Crippen molar-refractivity contribution in [2.75, 3.05) is 26.8 Å². The molecular formula is C16H26IN3O2. The number of rotatable bonds is 7. The van der Waals surface area contributed by atoms with E-state index >= 15 is 0 Å². The number of ether oxygens (including phenoxy) is 2. The van der Waals surface area contributed by atoms with E-state index in [4.69, 9.17) is 9.47 Å². The number of benzene rings is 1. The third kappa shape index (κ3) is 6.29. The first-order chi connectivity index (χ1) is 10.2. The molecule has 2 unspecified atom stereocenters. The van der Waals surface area contributed by atoms with Gasteiger partial charge < -0.3 is 20.1 Å². The van der Waals surface area contributed by atoms with Gasteiger partial charge in [0.05, 0.1) is 13.7 Å². The second-order valence-corrected chi connectivity index (χ2v) is 5.25. The van der Waals surface area contributed by atoms with Gasteiger partial charge in [-0.05, 0) is 43.5 Å². The molecule has 0 bridgehead atoms. The fourth-order valence-corrected chi connectivity index (χ4v) is 2.01. The predicted molar refractivity (Wildman–Crippen MR) is 101 cm³/mol. The van der Waals surface area contributed by atoms with E-state index in [1.165, 1.54) is 6.42 Å². The summed E-state index contributed by atoms with van der Waals surface area (Å²) < 4.78 is 10.8. The van der Waals surface area contributed by atoms with E-state index in [1.807, 2.05) is 24.3 Å². The van der Waals surface area contributed by atoms with Crippen LogP contribution >= 0.6 is 24.0 Å². The molecule has 1 fully saturated rings. The van der Waals surface area contributed by atoms with Crippen molar-refractivity contribution in [1.82, 2.24) is 10.6 Å². The third-order valence-electron chi connectivity index (χ3n) is 3.47. The van der Waals surface area contributed by atoms with Gasteiger partial charge in [-0.15, -0.1) is 24.0 Å². The van der Waals surface area contributed by atoms with Gasteiger partial charge in [0.1, 0.15) is 18.1 Å². The van der Waals surface area contributed by atoms with Crippen LogP contribution in [0.2, 0.25) is 0 Å². The number of methoxy groups -OCH3 is 1. The van der Waals surface area contributed by atoms with Gasteiger partial charge >= 0.3 is 0 Å². The maximum atomic E-state index is 5.66. The zero-order chi connectivity index (χ0) is 15.1. The van der Waals surface area contributed by atoms with Crippen molar-refractivity contribution < 1.29 is 9.47 Å². The standard InChI is InChI=1S/C16H25N3O2.HI/c1-4-17-16(19-15-11-12(15)2)18-9-10-21-14-7-5-13(20-3)6-8-14;/h5-8,12,15H,4,9-11H2,1-3H3,(H2,17,18,19);1H. The summed E-state index contributed by atoms with van der Waals surface area (Å²) in [5.74, 6) is 3.30. The zero-order valence-electron chi connectivity index (χ0n) is 13.5. The minimum absolute atomic E-state index is 0. The SMILES string of the molecule is CCNC(=NCCOc1ccc(OC)cc1)NC1CC1C.I. The Morgan fingerprint density at radius 3 is 2.45 bits per heavy atom. The summed E-state index contributed by atoms with van der Waals surface area (Å²) in [5.41, 5.74) is 0. The van der Waals surface area contributed by atoms with Crippen molar-refractivity contribution in [2.45, 2.75) is 26.3 Å². The van der Waals surface area contributed by atoms with Crippen molar-refractivity contribution in [3.8, 4) is 11.5 Å². The maximum Gasteiger partial charge on any atom is 0.191 e. The summed E-state index contributed by atoms with van der Waals surface area (Å²) in [6.07, 6.45) is 1.23. The lowest BCUT2D eigenvalue weighted by atomic mass is 10.3. The molecule has 0 aromatic heterocycles. The van der Waals surface area contributed by atoms with E-state index in [0.717, 1.165) is 29.9 Å². The highest BCUT2D eigenvalue weighted by Gasteiger charge is 2.33. The van der Waals surface area contributed by atoms with Crippen molar-refractivity contribution in [3.05, 3.63) is 24.3 Å². The number of nitrogens with zero attached hydrogens (tertiary/aromatic N) is 1. The summed E-state index contributed by atoms with van der Waals surface area (Å²) in [7, 11) is 1.65. The normalized spacial score (nSPS) is 19.9. The largest absolute Gasteiger partial charge is 0.497 e. The maximum absolute atomic E-state index is 5.66. The van der Waals surface area contributed by atoms with Crippen molar-refractivity contribution >= 4 is 29.9 Å². The van der Waals surface area contributed by atoms with E-state index in [-0.39, 0.29) is 24.0 Å². The van der Waals surface area contributed by atoms with Gasteiger partial charge in [-0.1, -0.05) is 6.92 Å². The van der Waals surface area contributed by atoms with Crippen LogP contribution in [-0.4, -0.2) is 38.8 Å². The lowest BCUT2D eigenvalue weighted by Crippen LogP contribution is -2.39. The highest BCUT2D eigenvalue weighted by atomic mass is 127. The van der Waals surface area contributed by atoms with Crippen LogP contribution in [0.5, 0.6) is 11.5 Å². The summed E-state index contributed by atoms with van der Waals surface area (Å²) in [5, 5.41) is 6.68. The zero-order valence-corrected chi connectivity index (χ0v) is 15.8. The van der Waals surface area contributed by atoms with Crippen LogP contribution in [0.1, 0.15) is 20.3 Å². The molecule has 22 heavy (non-hydrogen) atoms. The van der Waals surface area contributed by atoms with Crippen molar-refractivity contribution in [1.29, 1.82) is 0 Å². The lowest BCUT2D eigenvalue weighted by molar-refractivity contribution is 0.327. The summed E-state index contributed by atoms with van der Waals surface area (Å²) in [4.78, 5) is 4.52. The van der Waals surface area contributed by atoms with Gasteiger partial charge in [0.25, 0.3) is 0 Å². The van der Waals surface area contributed by atoms with Crippen LogP contribution in [-0.2, 0) is 0 Å². The Morgan fingerprint density at radius 1 is 1.27 bits per heavy atom. The van der Waals surface area contributed by atoms with E-state index in [9.17, 15) is 0 Å². The molecule has 1 aliphatic rings. The minimum atomic E-state index is 0. The highest BCUT2D eigenvalue weighted by molar-refractivity contribution is 14.0. The van der Waals surface area contributed by atoms with E-state index < -0.39 is 0 Å². The lowest BCUT2D eigenvalue weighted by Gasteiger charge is -2.11. The number of hydrogen-bond acceptors (Lipinski definition) is 3. The van der Waals surface area contributed by atoms with Crippen molar-refractivity contribution in [3.63, 3.8) is 0 Å². The topological polar surface area (TPSA) is 54.9 Å². The number of halogens is 1. The van der Waals surface area contributed by atoms with E-state index in [1.54, 1.807) is 7.11 Å². The van der Waals surface area contributed by atoms with Crippen LogP contribution in [0.4, 0.5) is 0 Å². The Balaban J connectivity index is 0.00000242. The molecule has 2 N–H and O–H groups in total. The van der Waals surface area contributed by atoms with Crippen LogP contribution in [0, 0.1) is 5.92 Å². The Bertz CT molecular complexity index is 465. The molecule has 0 heterocycles. The summed E-state index contributed by atoms with van der Waals surface area (Å²) in [6, 6.07) is 8.15. The third-order valence-corrected chi connectivity index (χ3v) is 3.47. The second kappa shape index (κ2) is 9.76. The number of hydrogen-bond donors (Lipinski definition) is 2. The van der Waals surface area contributed by atoms with Gasteiger partial charge in [-0.25, -0.2) is 4.99 Å². The molecule has 124 valence electrons. The van der Waals surface area contributed by atoms with Crippen LogP contribution in [0.15, 0.2) is 29.3 Å². The first-order valence-electron chi connectivity index (χ1n) is 7.54. The molecule has 2 rings (SSSR count). The van der Waals surface area contributed by atoms with Gasteiger partial charge in [-0.3, -0.25) is 0 Å². The first-order valence-corrected chi connectivity index (χ1v) is 7.54. The minimum Gasteiger partial charge on any atom is -0.497 e. The Hall–Kier alpha value is -1.18. The Morgan fingerprint density at radius 2 is 1.91 bits per heavy atom. The molecule has 2 atom stereocenters. The number of aliphatic imine (C=N–C) groups is 1. The summed E-state index contributed by atoms with van der Waals surface area (Å²) in [6.45, 7) is 6.37. The fourth-order valence-electron chi connectivity index (χ4n) is 2.01. The van der Waals surface area contributed by atoms with Gasteiger partial charge in [0.2, 0.25) is 0 Å². The van der Waals surface area contributed by atoms with Crippen LogP contribution < -0.4 is 20.1 Å². The average molecular weight is 419 g/mol. The molecule has 1 saturated carbocycles. The fraction of sp³-hybridized carbons (Fsp3) is 0.562. The molecule has 0 spiro atoms. The molecule has 0 saturated heterocycles. The number of nitrogens with one attached hydrogen (secondary N) is 2. The molecule has 0 amide bonds. The molecule has 1 aromatic rings.